The minimum Gasteiger partial charge on any atom is -0.466 e. The number of hydrogen-bond donors (Lipinski definition) is 2. The lowest BCUT2D eigenvalue weighted by atomic mass is 9.80. The van der Waals surface area contributed by atoms with Gasteiger partial charge in [0.05, 0.1) is 24.2 Å². The summed E-state index contributed by atoms with van der Waals surface area (Å²) in [7, 11) is 1.34. The third kappa shape index (κ3) is 4.99. The number of likely N-dealkylation sites (tertiary alicyclic amines) is 1. The third-order valence-electron chi connectivity index (χ3n) is 6.38. The summed E-state index contributed by atoms with van der Waals surface area (Å²) >= 11 is 0. The maximum atomic E-state index is 13.5. The van der Waals surface area contributed by atoms with Crippen LogP contribution in [-0.2, 0) is 25.6 Å². The average Bonchev–Trinajstić information content (AvgIpc) is 3.25. The fraction of sp³-hybridized carbons (Fsp3) is 0.333. The van der Waals surface area contributed by atoms with E-state index in [2.05, 4.69) is 22.3 Å². The molecule has 0 bridgehead atoms. The minimum absolute atomic E-state index is 0.216. The van der Waals surface area contributed by atoms with Crippen molar-refractivity contribution in [2.45, 2.75) is 38.8 Å². The van der Waals surface area contributed by atoms with E-state index >= 15 is 0 Å². The normalized spacial score (nSPS) is 20.8. The molecule has 178 valence electrons. The molecule has 34 heavy (non-hydrogen) atoms. The van der Waals surface area contributed by atoms with Crippen molar-refractivity contribution in [3.8, 4) is 0 Å². The van der Waals surface area contributed by atoms with Crippen LogP contribution in [-0.4, -0.2) is 43.1 Å². The average molecular weight is 462 g/mol. The van der Waals surface area contributed by atoms with Crippen LogP contribution in [0.2, 0.25) is 0 Å². The summed E-state index contributed by atoms with van der Waals surface area (Å²) in [4.78, 5) is 28.6. The second kappa shape index (κ2) is 10.1. The molecule has 1 fully saturated rings. The van der Waals surface area contributed by atoms with Gasteiger partial charge in [-0.3, -0.25) is 4.90 Å². The Balaban J connectivity index is 1.56. The van der Waals surface area contributed by atoms with Gasteiger partial charge in [-0.2, -0.15) is 0 Å². The van der Waals surface area contributed by atoms with Crippen molar-refractivity contribution in [2.75, 3.05) is 25.9 Å². The molecule has 2 aromatic carbocycles. The Morgan fingerprint density at radius 2 is 1.74 bits per heavy atom. The number of methoxy groups -OCH3 is 1. The van der Waals surface area contributed by atoms with Gasteiger partial charge in [0.2, 0.25) is 0 Å². The van der Waals surface area contributed by atoms with E-state index in [1.54, 1.807) is 19.1 Å². The van der Waals surface area contributed by atoms with Gasteiger partial charge in [0.1, 0.15) is 6.10 Å². The highest BCUT2D eigenvalue weighted by molar-refractivity contribution is 6.00. The van der Waals surface area contributed by atoms with E-state index < -0.39 is 17.9 Å². The second-order valence-electron chi connectivity index (χ2n) is 8.83. The van der Waals surface area contributed by atoms with Crippen LogP contribution in [0.5, 0.6) is 0 Å². The van der Waals surface area contributed by atoms with Crippen LogP contribution in [0.25, 0.3) is 0 Å². The van der Waals surface area contributed by atoms with Crippen LogP contribution >= 0.6 is 0 Å². The summed E-state index contributed by atoms with van der Waals surface area (Å²) in [5.41, 5.74) is 10.6. The smallest absolute Gasteiger partial charge is 0.337 e. The SMILES string of the molecule is COC(=O)C1=C(C)NC(C)=C(C(=O)O[C@H]2CCN(Cc3ccccc3)C2)[C@@H]1c1cccc(N)c1. The number of hydrogen-bond acceptors (Lipinski definition) is 7. The van der Waals surface area contributed by atoms with E-state index in [-0.39, 0.29) is 6.10 Å². The molecule has 0 saturated carbocycles. The van der Waals surface area contributed by atoms with E-state index in [1.807, 2.05) is 37.3 Å². The Labute approximate surface area is 200 Å². The van der Waals surface area contributed by atoms with E-state index in [0.717, 1.165) is 25.1 Å². The largest absolute Gasteiger partial charge is 0.466 e. The van der Waals surface area contributed by atoms with Crippen LogP contribution in [0.15, 0.2) is 77.1 Å². The Kier molecular flexibility index (Phi) is 7.03. The molecule has 2 aliphatic rings. The molecule has 0 radical (unpaired) electrons. The number of esters is 2. The number of dihydropyridines is 1. The number of nitrogens with zero attached hydrogens (tertiary/aromatic N) is 1. The van der Waals surface area contributed by atoms with Gasteiger partial charge in [0, 0.05) is 36.7 Å². The first-order valence-electron chi connectivity index (χ1n) is 11.5. The van der Waals surface area contributed by atoms with Gasteiger partial charge in [-0.15, -0.1) is 0 Å². The van der Waals surface area contributed by atoms with Crippen LogP contribution < -0.4 is 11.1 Å². The number of allylic oxidation sites excluding steroid dienone is 2. The summed E-state index contributed by atoms with van der Waals surface area (Å²) in [5.74, 6) is -1.56. The van der Waals surface area contributed by atoms with Gasteiger partial charge in [-0.25, -0.2) is 9.59 Å². The number of ether oxygens (including phenoxy) is 2. The monoisotopic (exact) mass is 461 g/mol. The topological polar surface area (TPSA) is 93.9 Å². The number of nitrogen functional groups attached to an aromatic ring is 1. The van der Waals surface area contributed by atoms with Crippen LogP contribution in [0.1, 0.15) is 37.3 Å². The molecule has 2 aromatic rings. The number of carbonyl (C=O) groups is 2. The van der Waals surface area contributed by atoms with Crippen molar-refractivity contribution in [3.05, 3.63) is 88.3 Å². The molecule has 0 aliphatic carbocycles. The molecule has 2 aliphatic heterocycles. The maximum Gasteiger partial charge on any atom is 0.337 e. The highest BCUT2D eigenvalue weighted by Gasteiger charge is 2.39. The molecule has 0 amide bonds. The number of anilines is 1. The summed E-state index contributed by atoms with van der Waals surface area (Å²) in [6, 6.07) is 17.5. The van der Waals surface area contributed by atoms with Crippen molar-refractivity contribution < 1.29 is 19.1 Å². The van der Waals surface area contributed by atoms with Crippen LogP contribution in [0.4, 0.5) is 5.69 Å². The first kappa shape index (κ1) is 23.6. The highest BCUT2D eigenvalue weighted by atomic mass is 16.5. The van der Waals surface area contributed by atoms with Gasteiger partial charge in [-0.1, -0.05) is 42.5 Å². The van der Waals surface area contributed by atoms with Gasteiger partial charge >= 0.3 is 11.9 Å². The zero-order chi connectivity index (χ0) is 24.2. The van der Waals surface area contributed by atoms with Gasteiger partial charge in [0.15, 0.2) is 0 Å². The van der Waals surface area contributed by atoms with E-state index in [0.29, 0.717) is 34.8 Å². The molecular formula is C27H31N3O4. The van der Waals surface area contributed by atoms with Gasteiger partial charge < -0.3 is 20.5 Å². The van der Waals surface area contributed by atoms with Crippen molar-refractivity contribution in [2.24, 2.45) is 0 Å². The summed E-state index contributed by atoms with van der Waals surface area (Å²) in [6.45, 7) is 5.97. The summed E-state index contributed by atoms with van der Waals surface area (Å²) < 4.78 is 11.0. The quantitative estimate of drug-likeness (QED) is 0.502. The first-order valence-corrected chi connectivity index (χ1v) is 11.5. The molecular weight excluding hydrogens is 430 g/mol. The molecule has 2 heterocycles. The first-order chi connectivity index (χ1) is 16.4. The zero-order valence-electron chi connectivity index (χ0n) is 19.8. The Hall–Kier alpha value is -3.58. The molecule has 2 atom stereocenters. The predicted molar refractivity (Wildman–Crippen MR) is 130 cm³/mol. The van der Waals surface area contributed by atoms with Crippen molar-refractivity contribution in [1.29, 1.82) is 0 Å². The second-order valence-corrected chi connectivity index (χ2v) is 8.83. The lowest BCUT2D eigenvalue weighted by Gasteiger charge is -2.31. The standard InChI is InChI=1S/C27H31N3O4/c1-17-23(26(31)33-3)25(20-10-7-11-21(28)14-20)24(18(2)29-17)27(32)34-22-12-13-30(16-22)15-19-8-5-4-6-9-19/h4-11,14,22,25,29H,12-13,15-16,28H2,1-3H3/t22-,25+/m0/s1. The maximum absolute atomic E-state index is 13.5. The summed E-state index contributed by atoms with van der Waals surface area (Å²) in [5, 5.41) is 3.17. The summed E-state index contributed by atoms with van der Waals surface area (Å²) in [6.07, 6.45) is 0.548. The third-order valence-corrected chi connectivity index (χ3v) is 6.38. The number of benzene rings is 2. The van der Waals surface area contributed by atoms with E-state index in [4.69, 9.17) is 15.2 Å². The molecule has 1 saturated heterocycles. The number of nitrogens with one attached hydrogen (secondary N) is 1. The molecule has 3 N–H and O–H groups in total. The lowest BCUT2D eigenvalue weighted by molar-refractivity contribution is -0.144. The number of nitrogens with two attached hydrogens (primary N) is 1. The van der Waals surface area contributed by atoms with Crippen molar-refractivity contribution in [1.82, 2.24) is 10.2 Å². The number of carbonyl (C=O) groups excluding carboxylic acids is 2. The molecule has 7 heteroatoms. The van der Waals surface area contributed by atoms with E-state index in [1.165, 1.54) is 12.7 Å². The number of rotatable bonds is 6. The Morgan fingerprint density at radius 3 is 2.41 bits per heavy atom. The van der Waals surface area contributed by atoms with E-state index in [9.17, 15) is 9.59 Å². The van der Waals surface area contributed by atoms with Crippen molar-refractivity contribution in [3.63, 3.8) is 0 Å². The lowest BCUT2D eigenvalue weighted by Crippen LogP contribution is -2.34. The minimum atomic E-state index is -0.633. The molecule has 4 rings (SSSR count). The van der Waals surface area contributed by atoms with Crippen LogP contribution in [0, 0.1) is 0 Å². The molecule has 7 nitrogen and oxygen atoms in total. The Morgan fingerprint density at radius 1 is 1.03 bits per heavy atom. The Bertz CT molecular complexity index is 1140. The zero-order valence-corrected chi connectivity index (χ0v) is 19.8. The van der Waals surface area contributed by atoms with Crippen molar-refractivity contribution >= 4 is 17.6 Å². The highest BCUT2D eigenvalue weighted by Crippen LogP contribution is 2.40. The van der Waals surface area contributed by atoms with Gasteiger partial charge in [0.25, 0.3) is 0 Å². The molecule has 0 aromatic heterocycles. The van der Waals surface area contributed by atoms with Gasteiger partial charge in [-0.05, 0) is 43.5 Å². The molecule has 0 unspecified atom stereocenters. The fourth-order valence-electron chi connectivity index (χ4n) is 4.81. The fourth-order valence-corrected chi connectivity index (χ4v) is 4.81. The predicted octanol–water partition coefficient (Wildman–Crippen LogP) is 3.49. The molecule has 0 spiro atoms. The van der Waals surface area contributed by atoms with Crippen LogP contribution in [0.3, 0.4) is 0 Å².